The summed E-state index contributed by atoms with van der Waals surface area (Å²) in [5.41, 5.74) is -0.414. The Morgan fingerprint density at radius 2 is 1.19 bits per heavy atom. The summed E-state index contributed by atoms with van der Waals surface area (Å²) in [4.78, 5) is 14.4. The van der Waals surface area contributed by atoms with E-state index in [-0.39, 0.29) is 27.7 Å². The van der Waals surface area contributed by atoms with Gasteiger partial charge in [-0.05, 0) is 24.7 Å². The van der Waals surface area contributed by atoms with Crippen LogP contribution in [0.1, 0.15) is 55.4 Å². The Morgan fingerprint density at radius 1 is 0.812 bits per heavy atom. The number of hydrogen-bond acceptors (Lipinski definition) is 1. The molecule has 2 nitrogen and oxygen atoms in total. The third kappa shape index (κ3) is 1.16. The first-order chi connectivity index (χ1) is 6.82. The number of carbonyl (C=O) groups excluding carboxylic acids is 1. The summed E-state index contributed by atoms with van der Waals surface area (Å²) in [5.74, 6) is 0.252. The summed E-state index contributed by atoms with van der Waals surface area (Å²) in [7, 11) is 1.93. The molecular formula is C14H27NO. The highest BCUT2D eigenvalue weighted by atomic mass is 16.2. The maximum Gasteiger partial charge on any atom is 0.228 e. The number of carbonyl (C=O) groups is 1. The number of rotatable bonds is 0. The summed E-state index contributed by atoms with van der Waals surface area (Å²) >= 11 is 0. The van der Waals surface area contributed by atoms with Gasteiger partial charge in [-0.3, -0.25) is 4.79 Å². The third-order valence-corrected chi connectivity index (χ3v) is 6.33. The van der Waals surface area contributed by atoms with Crippen molar-refractivity contribution in [1.82, 2.24) is 4.90 Å². The van der Waals surface area contributed by atoms with Crippen molar-refractivity contribution < 1.29 is 4.79 Å². The largest absolute Gasteiger partial charge is 0.340 e. The highest BCUT2D eigenvalue weighted by Gasteiger charge is 2.64. The van der Waals surface area contributed by atoms with Crippen molar-refractivity contribution in [3.05, 3.63) is 0 Å². The topological polar surface area (TPSA) is 20.3 Å². The molecule has 1 amide bonds. The van der Waals surface area contributed by atoms with Crippen LogP contribution < -0.4 is 0 Å². The first kappa shape index (κ1) is 13.5. The lowest BCUT2D eigenvalue weighted by atomic mass is 9.46. The van der Waals surface area contributed by atoms with E-state index in [0.29, 0.717) is 0 Å². The van der Waals surface area contributed by atoms with Crippen LogP contribution in [0, 0.1) is 16.2 Å². The fourth-order valence-corrected chi connectivity index (χ4v) is 2.91. The molecule has 1 saturated heterocycles. The second-order valence-electron chi connectivity index (χ2n) is 7.30. The second-order valence-corrected chi connectivity index (χ2v) is 7.30. The van der Waals surface area contributed by atoms with Crippen LogP contribution in [0.15, 0.2) is 0 Å². The van der Waals surface area contributed by atoms with Gasteiger partial charge < -0.3 is 4.90 Å². The molecule has 0 unspecified atom stereocenters. The molecule has 0 radical (unpaired) electrons. The van der Waals surface area contributed by atoms with E-state index < -0.39 is 0 Å². The minimum absolute atomic E-state index is 0.0346. The number of nitrogens with zero attached hydrogens (tertiary/aromatic N) is 1. The molecule has 94 valence electrons. The normalized spacial score (nSPS) is 30.3. The van der Waals surface area contributed by atoms with E-state index in [2.05, 4.69) is 55.4 Å². The van der Waals surface area contributed by atoms with Gasteiger partial charge in [0.1, 0.15) is 0 Å². The number of amides is 1. The fraction of sp³-hybridized carbons (Fsp3) is 0.929. The van der Waals surface area contributed by atoms with E-state index in [9.17, 15) is 4.79 Å². The Kier molecular flexibility index (Phi) is 2.56. The first-order valence-electron chi connectivity index (χ1n) is 6.10. The van der Waals surface area contributed by atoms with Crippen molar-refractivity contribution in [2.24, 2.45) is 16.2 Å². The zero-order chi connectivity index (χ0) is 13.2. The molecule has 1 fully saturated rings. The summed E-state index contributed by atoms with van der Waals surface area (Å²) in [5, 5.41) is 0. The summed E-state index contributed by atoms with van der Waals surface area (Å²) < 4.78 is 0. The van der Waals surface area contributed by atoms with Gasteiger partial charge in [0.25, 0.3) is 0 Å². The van der Waals surface area contributed by atoms with E-state index in [0.717, 1.165) is 0 Å². The first-order valence-corrected chi connectivity index (χ1v) is 6.10. The van der Waals surface area contributed by atoms with Crippen LogP contribution in [0.2, 0.25) is 0 Å². The standard InChI is InChI=1S/C14H27NO/c1-11(2)10(16)15(9)14(7,8)13(5,6)12(11,3)4/h1-9H3. The van der Waals surface area contributed by atoms with Crippen molar-refractivity contribution >= 4 is 5.91 Å². The fourth-order valence-electron chi connectivity index (χ4n) is 2.91. The van der Waals surface area contributed by atoms with Crippen molar-refractivity contribution in [2.75, 3.05) is 7.05 Å². The molecule has 0 N–H and O–H groups in total. The smallest absolute Gasteiger partial charge is 0.228 e. The average Bonchev–Trinajstić information content (AvgIpc) is 2.12. The highest BCUT2D eigenvalue weighted by Crippen LogP contribution is 2.61. The average molecular weight is 225 g/mol. The molecule has 1 rings (SSSR count). The zero-order valence-corrected chi connectivity index (χ0v) is 12.4. The molecule has 0 aromatic rings. The van der Waals surface area contributed by atoms with Gasteiger partial charge in [0.2, 0.25) is 5.91 Å². The zero-order valence-electron chi connectivity index (χ0n) is 12.4. The quantitative estimate of drug-likeness (QED) is 0.619. The molecule has 0 aliphatic carbocycles. The van der Waals surface area contributed by atoms with E-state index in [4.69, 9.17) is 0 Å². The van der Waals surface area contributed by atoms with Crippen LogP contribution in [0.5, 0.6) is 0 Å². The molecule has 0 aromatic carbocycles. The SMILES string of the molecule is CN1C(=O)C(C)(C)C(C)(C)C(C)(C)C1(C)C. The minimum atomic E-state index is -0.319. The van der Waals surface area contributed by atoms with Gasteiger partial charge in [-0.1, -0.05) is 41.5 Å². The minimum Gasteiger partial charge on any atom is -0.340 e. The Balaban J connectivity index is 3.48. The molecule has 0 aromatic heterocycles. The third-order valence-electron chi connectivity index (χ3n) is 6.33. The Hall–Kier alpha value is -0.530. The molecule has 0 spiro atoms. The second kappa shape index (κ2) is 3.02. The molecule has 0 saturated carbocycles. The van der Waals surface area contributed by atoms with Crippen LogP contribution in [-0.2, 0) is 4.79 Å². The summed E-state index contributed by atoms with van der Waals surface area (Å²) in [6, 6.07) is 0. The molecule has 1 aliphatic heterocycles. The monoisotopic (exact) mass is 225 g/mol. The van der Waals surface area contributed by atoms with Gasteiger partial charge >= 0.3 is 0 Å². The van der Waals surface area contributed by atoms with E-state index in [1.54, 1.807) is 0 Å². The predicted molar refractivity (Wildman–Crippen MR) is 68.2 cm³/mol. The molecule has 2 heteroatoms. The lowest BCUT2D eigenvalue weighted by Crippen LogP contribution is -2.71. The highest BCUT2D eigenvalue weighted by molar-refractivity contribution is 5.85. The van der Waals surface area contributed by atoms with Crippen LogP contribution in [0.4, 0.5) is 0 Å². The van der Waals surface area contributed by atoms with Crippen LogP contribution >= 0.6 is 0 Å². The number of likely N-dealkylation sites (tertiary alicyclic amines) is 1. The number of piperidine rings is 1. The maximum absolute atomic E-state index is 12.5. The molecular weight excluding hydrogens is 198 g/mol. The van der Waals surface area contributed by atoms with Gasteiger partial charge in [0.15, 0.2) is 0 Å². The summed E-state index contributed by atoms with van der Waals surface area (Å²) in [6.07, 6.45) is 0. The Labute approximate surface area is 100 Å². The van der Waals surface area contributed by atoms with Gasteiger partial charge in [-0.15, -0.1) is 0 Å². The van der Waals surface area contributed by atoms with Crippen LogP contribution in [0.3, 0.4) is 0 Å². The van der Waals surface area contributed by atoms with Gasteiger partial charge in [-0.2, -0.15) is 0 Å². The molecule has 0 bridgehead atoms. The van der Waals surface area contributed by atoms with Crippen LogP contribution in [0.25, 0.3) is 0 Å². The molecule has 16 heavy (non-hydrogen) atoms. The maximum atomic E-state index is 12.5. The van der Waals surface area contributed by atoms with Gasteiger partial charge in [0.05, 0.1) is 0 Å². The van der Waals surface area contributed by atoms with Gasteiger partial charge in [-0.25, -0.2) is 0 Å². The molecule has 1 heterocycles. The molecule has 1 aliphatic rings. The van der Waals surface area contributed by atoms with Crippen molar-refractivity contribution in [2.45, 2.75) is 60.9 Å². The van der Waals surface area contributed by atoms with E-state index >= 15 is 0 Å². The Bertz CT molecular complexity index is 324. The van der Waals surface area contributed by atoms with Gasteiger partial charge in [0, 0.05) is 18.0 Å². The van der Waals surface area contributed by atoms with Crippen molar-refractivity contribution in [1.29, 1.82) is 0 Å². The van der Waals surface area contributed by atoms with Crippen molar-refractivity contribution in [3.8, 4) is 0 Å². The van der Waals surface area contributed by atoms with Crippen LogP contribution in [-0.4, -0.2) is 23.4 Å². The predicted octanol–water partition coefficient (Wildman–Crippen LogP) is 3.32. The van der Waals surface area contributed by atoms with E-state index in [1.165, 1.54) is 0 Å². The van der Waals surface area contributed by atoms with Crippen molar-refractivity contribution in [3.63, 3.8) is 0 Å². The Morgan fingerprint density at radius 3 is 1.56 bits per heavy atom. The van der Waals surface area contributed by atoms with E-state index in [1.807, 2.05) is 11.9 Å². The lowest BCUT2D eigenvalue weighted by molar-refractivity contribution is -0.195. The molecule has 0 atom stereocenters. The summed E-state index contributed by atoms with van der Waals surface area (Å²) in [6.45, 7) is 17.5. The number of hydrogen-bond donors (Lipinski definition) is 0. The lowest BCUT2D eigenvalue weighted by Gasteiger charge is -2.65.